The van der Waals surface area contributed by atoms with Crippen LogP contribution >= 0.6 is 0 Å². The predicted octanol–water partition coefficient (Wildman–Crippen LogP) is 1.92. The molecule has 0 aromatic heterocycles. The Bertz CT molecular complexity index is 551. The van der Waals surface area contributed by atoms with Gasteiger partial charge in [0.2, 0.25) is 5.90 Å². The van der Waals surface area contributed by atoms with E-state index in [4.69, 9.17) is 25.0 Å². The van der Waals surface area contributed by atoms with Crippen molar-refractivity contribution in [2.75, 3.05) is 33.4 Å². The van der Waals surface area contributed by atoms with Gasteiger partial charge in [0.1, 0.15) is 5.75 Å². The van der Waals surface area contributed by atoms with E-state index >= 15 is 0 Å². The summed E-state index contributed by atoms with van der Waals surface area (Å²) in [5.74, 6) is 0.671. The number of nitrogens with zero attached hydrogens (tertiary/aromatic N) is 1. The van der Waals surface area contributed by atoms with Crippen LogP contribution in [-0.4, -0.2) is 50.2 Å². The molecule has 1 aromatic rings. The fourth-order valence-corrected chi connectivity index (χ4v) is 2.28. The summed E-state index contributed by atoms with van der Waals surface area (Å²) in [6, 6.07) is 3.71. The number of benzene rings is 1. The number of amidine groups is 1. The lowest BCUT2D eigenvalue weighted by Gasteiger charge is -2.28. The minimum atomic E-state index is -0.0395. The molecular weight excluding hydrogens is 270 g/mol. The molecule has 21 heavy (non-hydrogen) atoms. The monoisotopic (exact) mass is 291 g/mol. The number of rotatable bonds is 2. The molecule has 0 bridgehead atoms. The SMILES string of the molecule is COc1cc(C(=N)OC(=N)N2CCOCC2)c(C)cc1C. The summed E-state index contributed by atoms with van der Waals surface area (Å²) in [6.45, 7) is 6.26. The van der Waals surface area contributed by atoms with E-state index in [1.54, 1.807) is 18.1 Å². The quantitative estimate of drug-likeness (QED) is 0.644. The van der Waals surface area contributed by atoms with Gasteiger partial charge in [0.25, 0.3) is 6.02 Å². The smallest absolute Gasteiger partial charge is 0.291 e. The molecule has 0 amide bonds. The van der Waals surface area contributed by atoms with E-state index in [1.807, 2.05) is 19.9 Å². The lowest BCUT2D eigenvalue weighted by atomic mass is 10.0. The average Bonchev–Trinajstić information content (AvgIpc) is 2.48. The summed E-state index contributed by atoms with van der Waals surface area (Å²) in [7, 11) is 1.60. The molecule has 114 valence electrons. The molecule has 0 aliphatic carbocycles. The lowest BCUT2D eigenvalue weighted by Crippen LogP contribution is -2.42. The van der Waals surface area contributed by atoms with Gasteiger partial charge in [-0.25, -0.2) is 0 Å². The van der Waals surface area contributed by atoms with Gasteiger partial charge in [-0.1, -0.05) is 6.07 Å². The molecule has 6 nitrogen and oxygen atoms in total. The molecule has 0 spiro atoms. The topological polar surface area (TPSA) is 78.6 Å². The maximum Gasteiger partial charge on any atom is 0.291 e. The zero-order valence-electron chi connectivity index (χ0n) is 12.7. The largest absolute Gasteiger partial charge is 0.496 e. The lowest BCUT2D eigenvalue weighted by molar-refractivity contribution is 0.0605. The van der Waals surface area contributed by atoms with Gasteiger partial charge in [0.15, 0.2) is 0 Å². The first-order valence-corrected chi connectivity index (χ1v) is 6.86. The van der Waals surface area contributed by atoms with E-state index in [0.29, 0.717) is 37.6 Å². The van der Waals surface area contributed by atoms with E-state index in [0.717, 1.165) is 11.1 Å². The molecule has 0 saturated carbocycles. The highest BCUT2D eigenvalue weighted by atomic mass is 16.5. The molecule has 0 atom stereocenters. The second-order valence-corrected chi connectivity index (χ2v) is 4.97. The van der Waals surface area contributed by atoms with Crippen molar-refractivity contribution in [3.05, 3.63) is 28.8 Å². The van der Waals surface area contributed by atoms with Gasteiger partial charge in [-0.15, -0.1) is 0 Å². The molecule has 1 aliphatic heterocycles. The molecule has 1 aliphatic rings. The van der Waals surface area contributed by atoms with Gasteiger partial charge in [-0.2, -0.15) is 0 Å². The van der Waals surface area contributed by atoms with Gasteiger partial charge in [-0.05, 0) is 31.0 Å². The number of hydrogen-bond acceptors (Lipinski definition) is 5. The summed E-state index contributed by atoms with van der Waals surface area (Å²) in [6.07, 6.45) is 0. The molecule has 0 radical (unpaired) electrons. The Morgan fingerprint density at radius 3 is 2.43 bits per heavy atom. The molecule has 0 unspecified atom stereocenters. The number of methoxy groups -OCH3 is 1. The molecule has 1 aromatic carbocycles. The highest BCUT2D eigenvalue weighted by Gasteiger charge is 2.18. The first-order valence-electron chi connectivity index (χ1n) is 6.86. The molecule has 1 heterocycles. The van der Waals surface area contributed by atoms with Crippen LogP contribution in [0.5, 0.6) is 5.75 Å². The molecule has 1 fully saturated rings. The van der Waals surface area contributed by atoms with Crippen LogP contribution in [0.25, 0.3) is 0 Å². The van der Waals surface area contributed by atoms with Gasteiger partial charge in [0, 0.05) is 18.7 Å². The van der Waals surface area contributed by atoms with Crippen molar-refractivity contribution in [2.24, 2.45) is 0 Å². The van der Waals surface area contributed by atoms with E-state index in [9.17, 15) is 0 Å². The van der Waals surface area contributed by atoms with Gasteiger partial charge in [0.05, 0.1) is 20.3 Å². The van der Waals surface area contributed by atoms with Crippen LogP contribution in [0.4, 0.5) is 0 Å². The van der Waals surface area contributed by atoms with Crippen LogP contribution in [0.3, 0.4) is 0 Å². The zero-order valence-corrected chi connectivity index (χ0v) is 12.7. The molecule has 1 saturated heterocycles. The highest BCUT2D eigenvalue weighted by Crippen LogP contribution is 2.23. The van der Waals surface area contributed by atoms with E-state index < -0.39 is 0 Å². The summed E-state index contributed by atoms with van der Waals surface area (Å²) in [4.78, 5) is 1.76. The van der Waals surface area contributed by atoms with Crippen LogP contribution < -0.4 is 4.74 Å². The van der Waals surface area contributed by atoms with Crippen molar-refractivity contribution in [3.8, 4) is 5.75 Å². The Labute approximate surface area is 124 Å². The standard InChI is InChI=1S/C15H21N3O3/c1-10-8-11(2)13(19-3)9-12(10)14(16)21-15(17)18-4-6-20-7-5-18/h8-9,16-17H,4-7H2,1-3H3. The first-order chi connectivity index (χ1) is 10.0. The van der Waals surface area contributed by atoms with Crippen molar-refractivity contribution >= 4 is 11.9 Å². The molecular formula is C15H21N3O3. The van der Waals surface area contributed by atoms with Crippen molar-refractivity contribution in [3.63, 3.8) is 0 Å². The molecule has 2 N–H and O–H groups in total. The Balaban J connectivity index is 2.11. The normalized spacial score (nSPS) is 14.7. The van der Waals surface area contributed by atoms with Crippen LogP contribution in [0.15, 0.2) is 12.1 Å². The third-order valence-electron chi connectivity index (χ3n) is 3.48. The van der Waals surface area contributed by atoms with Crippen LogP contribution in [0.1, 0.15) is 16.7 Å². The van der Waals surface area contributed by atoms with E-state index in [1.165, 1.54) is 0 Å². The minimum Gasteiger partial charge on any atom is -0.496 e. The fourth-order valence-electron chi connectivity index (χ4n) is 2.28. The van der Waals surface area contributed by atoms with Crippen LogP contribution in [0.2, 0.25) is 0 Å². The third-order valence-corrected chi connectivity index (χ3v) is 3.48. The van der Waals surface area contributed by atoms with Gasteiger partial charge >= 0.3 is 0 Å². The third kappa shape index (κ3) is 3.52. The Morgan fingerprint density at radius 1 is 1.14 bits per heavy atom. The maximum absolute atomic E-state index is 8.09. The van der Waals surface area contributed by atoms with Crippen LogP contribution in [0, 0.1) is 24.7 Å². The predicted molar refractivity (Wildman–Crippen MR) is 80.5 cm³/mol. The number of ether oxygens (including phenoxy) is 3. The van der Waals surface area contributed by atoms with Crippen molar-refractivity contribution in [2.45, 2.75) is 13.8 Å². The van der Waals surface area contributed by atoms with Crippen molar-refractivity contribution in [1.29, 1.82) is 10.8 Å². The average molecular weight is 291 g/mol. The highest BCUT2D eigenvalue weighted by molar-refractivity contribution is 6.00. The van der Waals surface area contributed by atoms with Gasteiger partial charge in [-0.3, -0.25) is 10.8 Å². The Hall–Kier alpha value is -2.08. The second-order valence-electron chi connectivity index (χ2n) is 4.97. The Morgan fingerprint density at radius 2 is 1.81 bits per heavy atom. The number of morpholine rings is 1. The summed E-state index contributed by atoms with van der Waals surface area (Å²) >= 11 is 0. The summed E-state index contributed by atoms with van der Waals surface area (Å²) in [5, 5.41) is 16.0. The first kappa shape index (κ1) is 15.3. The second kappa shape index (κ2) is 6.58. The maximum atomic E-state index is 8.09. The minimum absolute atomic E-state index is 0.0118. The molecule has 6 heteroatoms. The van der Waals surface area contributed by atoms with E-state index in [-0.39, 0.29) is 11.9 Å². The summed E-state index contributed by atoms with van der Waals surface area (Å²) < 4.78 is 15.9. The Kier molecular flexibility index (Phi) is 4.80. The van der Waals surface area contributed by atoms with E-state index in [2.05, 4.69) is 0 Å². The zero-order chi connectivity index (χ0) is 15.4. The number of nitrogens with one attached hydrogen (secondary N) is 2. The van der Waals surface area contributed by atoms with Crippen molar-refractivity contribution in [1.82, 2.24) is 4.90 Å². The van der Waals surface area contributed by atoms with Gasteiger partial charge < -0.3 is 19.1 Å². The van der Waals surface area contributed by atoms with Crippen molar-refractivity contribution < 1.29 is 14.2 Å². The fraction of sp³-hybridized carbons (Fsp3) is 0.467. The number of aryl methyl sites for hydroxylation is 2. The summed E-state index contributed by atoms with van der Waals surface area (Å²) in [5.41, 5.74) is 2.57. The number of hydrogen-bond donors (Lipinski definition) is 2. The molecule has 2 rings (SSSR count). The van der Waals surface area contributed by atoms with Crippen LogP contribution in [-0.2, 0) is 9.47 Å².